The van der Waals surface area contributed by atoms with Gasteiger partial charge in [-0.2, -0.15) is 0 Å². The molecule has 1 aromatic heterocycles. The van der Waals surface area contributed by atoms with E-state index in [0.29, 0.717) is 35.1 Å². The van der Waals surface area contributed by atoms with Crippen LogP contribution < -0.4 is 14.4 Å². The average Bonchev–Trinajstić information content (AvgIpc) is 3.41. The van der Waals surface area contributed by atoms with E-state index >= 15 is 0 Å². The van der Waals surface area contributed by atoms with Crippen LogP contribution in [0.5, 0.6) is 11.5 Å². The number of aliphatic hydroxyl groups is 1. The number of carbonyl (C=O) groups excluding carboxylic acids is 2. The highest BCUT2D eigenvalue weighted by atomic mass is 16.5. The number of hydrogen-bond acceptors (Lipinski definition) is 6. The first-order valence-corrected chi connectivity index (χ1v) is 10.7. The smallest absolute Gasteiger partial charge is 0.300 e. The van der Waals surface area contributed by atoms with Crippen LogP contribution in [0.2, 0.25) is 0 Å². The van der Waals surface area contributed by atoms with Crippen LogP contribution in [0, 0.1) is 0 Å². The first-order valence-electron chi connectivity index (χ1n) is 10.7. The van der Waals surface area contributed by atoms with E-state index in [-0.39, 0.29) is 17.4 Å². The lowest BCUT2D eigenvalue weighted by Gasteiger charge is -2.23. The normalized spacial score (nSPS) is 17.6. The zero-order chi connectivity index (χ0) is 23.5. The van der Waals surface area contributed by atoms with Gasteiger partial charge in [0.2, 0.25) is 0 Å². The molecule has 1 N–H and O–H groups in total. The lowest BCUT2D eigenvalue weighted by molar-refractivity contribution is -0.132. The number of Topliss-reactive ketones (excluding diaryl/α,β-unsaturated/α-hetero) is 1. The Morgan fingerprint density at radius 1 is 1.06 bits per heavy atom. The molecule has 0 spiro atoms. The quantitative estimate of drug-likeness (QED) is 0.308. The highest BCUT2D eigenvalue weighted by Gasteiger charge is 2.48. The summed E-state index contributed by atoms with van der Waals surface area (Å²) < 4.78 is 16.8. The number of carbonyl (C=O) groups is 2. The van der Waals surface area contributed by atoms with Gasteiger partial charge < -0.3 is 19.0 Å². The molecule has 170 valence electrons. The van der Waals surface area contributed by atoms with Crippen LogP contribution >= 0.6 is 0 Å². The number of aliphatic hydroxyl groups excluding tert-OH is 1. The molecule has 4 rings (SSSR count). The summed E-state index contributed by atoms with van der Waals surface area (Å²) in [7, 11) is 0. The largest absolute Gasteiger partial charge is 0.507 e. The maximum atomic E-state index is 13.1. The van der Waals surface area contributed by atoms with Crippen LogP contribution in [0.3, 0.4) is 0 Å². The summed E-state index contributed by atoms with van der Waals surface area (Å²) in [6.07, 6.45) is 1.46. The van der Waals surface area contributed by atoms with E-state index in [1.165, 1.54) is 11.2 Å². The maximum Gasteiger partial charge on any atom is 0.300 e. The Labute approximate surface area is 191 Å². The zero-order valence-corrected chi connectivity index (χ0v) is 18.6. The summed E-state index contributed by atoms with van der Waals surface area (Å²) in [5.41, 5.74) is 0.808. The molecule has 1 fully saturated rings. The van der Waals surface area contributed by atoms with Crippen molar-refractivity contribution in [1.82, 2.24) is 0 Å². The SMILES string of the molecule is CCOc1cccc(N2C(=O)C(=O)/C(=C(\O)c3ccc(OC(C)C)cc3)C2c2ccco2)c1. The second kappa shape index (κ2) is 9.24. The van der Waals surface area contributed by atoms with Crippen LogP contribution in [0.15, 0.2) is 76.9 Å². The summed E-state index contributed by atoms with van der Waals surface area (Å²) in [5.74, 6) is -0.274. The number of benzene rings is 2. The summed E-state index contributed by atoms with van der Waals surface area (Å²) in [6, 6.07) is 16.0. The van der Waals surface area contributed by atoms with Gasteiger partial charge in [0, 0.05) is 17.3 Å². The molecule has 1 unspecified atom stereocenters. The van der Waals surface area contributed by atoms with Crippen molar-refractivity contribution in [1.29, 1.82) is 0 Å². The van der Waals surface area contributed by atoms with Crippen LogP contribution in [0.25, 0.3) is 5.76 Å². The monoisotopic (exact) mass is 447 g/mol. The number of anilines is 1. The second-order valence-corrected chi connectivity index (χ2v) is 7.81. The Morgan fingerprint density at radius 2 is 1.82 bits per heavy atom. The Morgan fingerprint density at radius 3 is 2.45 bits per heavy atom. The van der Waals surface area contributed by atoms with Gasteiger partial charge in [-0.25, -0.2) is 0 Å². The van der Waals surface area contributed by atoms with Gasteiger partial charge in [0.05, 0.1) is 24.5 Å². The van der Waals surface area contributed by atoms with Crippen molar-refractivity contribution in [3.05, 3.63) is 83.8 Å². The van der Waals surface area contributed by atoms with Gasteiger partial charge in [-0.1, -0.05) is 6.07 Å². The van der Waals surface area contributed by atoms with Crippen LogP contribution in [-0.4, -0.2) is 29.5 Å². The first-order chi connectivity index (χ1) is 15.9. The number of ether oxygens (including phenoxy) is 2. The topological polar surface area (TPSA) is 89.2 Å². The van der Waals surface area contributed by atoms with Crippen LogP contribution in [-0.2, 0) is 9.59 Å². The Kier molecular flexibility index (Phi) is 6.22. The molecule has 7 nitrogen and oxygen atoms in total. The fourth-order valence-corrected chi connectivity index (χ4v) is 3.82. The molecule has 33 heavy (non-hydrogen) atoms. The van der Waals surface area contributed by atoms with E-state index in [2.05, 4.69) is 0 Å². The van der Waals surface area contributed by atoms with E-state index in [4.69, 9.17) is 13.9 Å². The van der Waals surface area contributed by atoms with Crippen molar-refractivity contribution in [3.63, 3.8) is 0 Å². The molecule has 7 heteroatoms. The summed E-state index contributed by atoms with van der Waals surface area (Å²) in [5, 5.41) is 11.1. The molecule has 1 amide bonds. The van der Waals surface area contributed by atoms with Gasteiger partial charge in [0.15, 0.2) is 0 Å². The van der Waals surface area contributed by atoms with E-state index < -0.39 is 17.7 Å². The van der Waals surface area contributed by atoms with Crippen LogP contribution in [0.4, 0.5) is 5.69 Å². The molecule has 1 saturated heterocycles. The summed E-state index contributed by atoms with van der Waals surface area (Å²) in [4.78, 5) is 27.6. The third-order valence-corrected chi connectivity index (χ3v) is 5.16. The second-order valence-electron chi connectivity index (χ2n) is 7.81. The minimum Gasteiger partial charge on any atom is -0.507 e. The number of rotatable bonds is 7. The third kappa shape index (κ3) is 4.35. The summed E-state index contributed by atoms with van der Waals surface area (Å²) in [6.45, 7) is 6.15. The van der Waals surface area contributed by atoms with Crippen LogP contribution in [0.1, 0.15) is 38.1 Å². The van der Waals surface area contributed by atoms with Gasteiger partial charge in [-0.15, -0.1) is 0 Å². The lowest BCUT2D eigenvalue weighted by Crippen LogP contribution is -2.29. The molecule has 0 bridgehead atoms. The zero-order valence-electron chi connectivity index (χ0n) is 18.6. The standard InChI is InChI=1S/C26H25NO6/c1-4-31-20-8-5-7-18(15-20)27-23(21-9-6-14-32-21)22(25(29)26(27)30)24(28)17-10-12-19(13-11-17)33-16(2)3/h5-16,23,28H,4H2,1-3H3/b24-22-. The van der Waals surface area contributed by atoms with Crippen molar-refractivity contribution in [2.75, 3.05) is 11.5 Å². The molecule has 3 aromatic rings. The number of hydrogen-bond donors (Lipinski definition) is 1. The van der Waals surface area contributed by atoms with E-state index in [1.54, 1.807) is 60.7 Å². The van der Waals surface area contributed by atoms with E-state index in [1.807, 2.05) is 20.8 Å². The Balaban J connectivity index is 1.81. The van der Waals surface area contributed by atoms with Gasteiger partial charge in [-0.05, 0) is 69.3 Å². The van der Waals surface area contributed by atoms with Crippen molar-refractivity contribution in [2.24, 2.45) is 0 Å². The molecule has 0 radical (unpaired) electrons. The van der Waals surface area contributed by atoms with Gasteiger partial charge in [0.25, 0.3) is 11.7 Å². The number of amides is 1. The molecule has 1 aliphatic heterocycles. The Bertz CT molecular complexity index is 1180. The predicted molar refractivity (Wildman–Crippen MR) is 123 cm³/mol. The summed E-state index contributed by atoms with van der Waals surface area (Å²) >= 11 is 0. The minimum atomic E-state index is -0.927. The number of ketones is 1. The van der Waals surface area contributed by atoms with Crippen molar-refractivity contribution in [3.8, 4) is 11.5 Å². The highest BCUT2D eigenvalue weighted by molar-refractivity contribution is 6.51. The molecule has 1 atom stereocenters. The molecule has 0 saturated carbocycles. The molecule has 2 heterocycles. The fourth-order valence-electron chi connectivity index (χ4n) is 3.82. The molecule has 2 aromatic carbocycles. The molecule has 0 aliphatic carbocycles. The van der Waals surface area contributed by atoms with Gasteiger partial charge in [0.1, 0.15) is 29.1 Å². The van der Waals surface area contributed by atoms with E-state index in [0.717, 1.165) is 0 Å². The van der Waals surface area contributed by atoms with Gasteiger partial charge in [-0.3, -0.25) is 14.5 Å². The van der Waals surface area contributed by atoms with Crippen molar-refractivity contribution in [2.45, 2.75) is 32.9 Å². The highest BCUT2D eigenvalue weighted by Crippen LogP contribution is 2.43. The minimum absolute atomic E-state index is 0.00109. The van der Waals surface area contributed by atoms with Crippen molar-refractivity contribution >= 4 is 23.1 Å². The number of furan rings is 1. The molecular weight excluding hydrogens is 422 g/mol. The molecule has 1 aliphatic rings. The van der Waals surface area contributed by atoms with Gasteiger partial charge >= 0.3 is 0 Å². The van der Waals surface area contributed by atoms with E-state index in [9.17, 15) is 14.7 Å². The number of nitrogens with zero attached hydrogens (tertiary/aromatic N) is 1. The predicted octanol–water partition coefficient (Wildman–Crippen LogP) is 5.09. The average molecular weight is 447 g/mol. The maximum absolute atomic E-state index is 13.1. The molecular formula is C26H25NO6. The van der Waals surface area contributed by atoms with Crippen molar-refractivity contribution < 1.29 is 28.6 Å². The third-order valence-electron chi connectivity index (χ3n) is 5.16. The first kappa shape index (κ1) is 22.2. The lowest BCUT2D eigenvalue weighted by atomic mass is 9.99. The fraction of sp³-hybridized carbons (Fsp3) is 0.231. The Hall–Kier alpha value is -4.00.